The van der Waals surface area contributed by atoms with Crippen LogP contribution in [-0.2, 0) is 9.84 Å². The van der Waals surface area contributed by atoms with E-state index in [1.54, 1.807) is 0 Å². The summed E-state index contributed by atoms with van der Waals surface area (Å²) in [6.45, 7) is 0.663. The molecule has 1 aliphatic heterocycles. The minimum atomic E-state index is -3.64. The molecule has 2 N–H and O–H groups in total. The van der Waals surface area contributed by atoms with Gasteiger partial charge in [0.1, 0.15) is 13.2 Å². The van der Waals surface area contributed by atoms with Crippen LogP contribution in [0.15, 0.2) is 35.0 Å². The Morgan fingerprint density at radius 2 is 2.00 bits per heavy atom. The van der Waals surface area contributed by atoms with Crippen LogP contribution in [0.5, 0.6) is 11.5 Å². The van der Waals surface area contributed by atoms with Gasteiger partial charge in [-0.05, 0) is 17.7 Å². The number of fused-ring (bicyclic) bond motifs is 1. The van der Waals surface area contributed by atoms with Gasteiger partial charge in [0, 0.05) is 12.6 Å². The van der Waals surface area contributed by atoms with Gasteiger partial charge in [0.25, 0.3) is 0 Å². The van der Waals surface area contributed by atoms with Crippen LogP contribution in [0.1, 0.15) is 0 Å². The third-order valence-corrected chi connectivity index (χ3v) is 4.39. The molecule has 2 rings (SSSR count). The molecule has 0 atom stereocenters. The number of hydrogen-bond donors (Lipinski definition) is 1. The van der Waals surface area contributed by atoms with E-state index in [9.17, 15) is 12.8 Å². The fourth-order valence-electron chi connectivity index (χ4n) is 1.68. The Morgan fingerprint density at radius 1 is 1.32 bits per heavy atom. The van der Waals surface area contributed by atoms with Gasteiger partial charge in [-0.25, -0.2) is 12.8 Å². The number of rotatable bonds is 4. The van der Waals surface area contributed by atoms with Gasteiger partial charge < -0.3 is 15.2 Å². The Morgan fingerprint density at radius 3 is 2.63 bits per heavy atom. The normalized spacial score (nSPS) is 15.4. The van der Waals surface area contributed by atoms with Crippen LogP contribution in [0.3, 0.4) is 0 Å². The van der Waals surface area contributed by atoms with E-state index in [4.69, 9.17) is 15.2 Å². The van der Waals surface area contributed by atoms with E-state index in [-0.39, 0.29) is 23.3 Å². The second-order valence-corrected chi connectivity index (χ2v) is 6.03. The van der Waals surface area contributed by atoms with Crippen LogP contribution in [-0.4, -0.2) is 33.9 Å². The summed E-state index contributed by atoms with van der Waals surface area (Å²) in [5.41, 5.74) is 5.29. The molecule has 5 nitrogen and oxygen atoms in total. The van der Waals surface area contributed by atoms with Crippen molar-refractivity contribution >= 4 is 9.84 Å². The van der Waals surface area contributed by atoms with Crippen molar-refractivity contribution in [3.8, 4) is 11.5 Å². The van der Waals surface area contributed by atoms with Gasteiger partial charge in [-0.3, -0.25) is 0 Å². The lowest BCUT2D eigenvalue weighted by molar-refractivity contribution is 0.171. The summed E-state index contributed by atoms with van der Waals surface area (Å²) in [6, 6.07) is 4.33. The second kappa shape index (κ2) is 5.58. The first-order valence-corrected chi connectivity index (χ1v) is 7.32. The molecule has 0 radical (unpaired) electrons. The van der Waals surface area contributed by atoms with Crippen molar-refractivity contribution in [2.45, 2.75) is 4.90 Å². The van der Waals surface area contributed by atoms with E-state index < -0.39 is 15.6 Å². The molecule has 19 heavy (non-hydrogen) atoms. The Balaban J connectivity index is 2.30. The molecule has 0 aromatic heterocycles. The molecule has 0 spiro atoms. The van der Waals surface area contributed by atoms with Crippen molar-refractivity contribution in [3.63, 3.8) is 0 Å². The molecular formula is C12H14FNO4S. The molecule has 0 aliphatic carbocycles. The van der Waals surface area contributed by atoms with E-state index in [1.165, 1.54) is 18.2 Å². The first kappa shape index (κ1) is 13.8. The van der Waals surface area contributed by atoms with Gasteiger partial charge in [0.15, 0.2) is 21.3 Å². The van der Waals surface area contributed by atoms with Crippen LogP contribution in [0, 0.1) is 0 Å². The predicted octanol–water partition coefficient (Wildman–Crippen LogP) is 1.04. The van der Waals surface area contributed by atoms with Crippen LogP contribution in [0.25, 0.3) is 0 Å². The number of ether oxygens (including phenoxy) is 2. The third kappa shape index (κ3) is 3.05. The number of halogens is 1. The summed E-state index contributed by atoms with van der Waals surface area (Å²) in [7, 11) is -3.64. The number of hydrogen-bond acceptors (Lipinski definition) is 5. The van der Waals surface area contributed by atoms with Gasteiger partial charge in [0.2, 0.25) is 0 Å². The number of nitrogens with two attached hydrogens (primary N) is 1. The molecule has 0 saturated carbocycles. The average Bonchev–Trinajstić information content (AvgIpc) is 2.44. The van der Waals surface area contributed by atoms with Crippen molar-refractivity contribution in [2.75, 3.05) is 25.5 Å². The quantitative estimate of drug-likeness (QED) is 0.895. The number of sulfone groups is 1. The SMILES string of the molecule is NC/C(=C\F)CS(=O)(=O)c1ccc2c(c1)OCCO2. The van der Waals surface area contributed by atoms with Crippen LogP contribution < -0.4 is 15.2 Å². The molecule has 104 valence electrons. The second-order valence-electron chi connectivity index (χ2n) is 4.04. The van der Waals surface area contributed by atoms with Crippen molar-refractivity contribution in [1.82, 2.24) is 0 Å². The molecule has 0 amide bonds. The lowest BCUT2D eigenvalue weighted by Gasteiger charge is -2.18. The van der Waals surface area contributed by atoms with E-state index in [0.29, 0.717) is 24.7 Å². The Kier molecular flexibility index (Phi) is 4.06. The highest BCUT2D eigenvalue weighted by molar-refractivity contribution is 7.91. The monoisotopic (exact) mass is 287 g/mol. The zero-order valence-corrected chi connectivity index (χ0v) is 11.0. The molecule has 0 bridgehead atoms. The lowest BCUT2D eigenvalue weighted by Crippen LogP contribution is -2.17. The zero-order chi connectivity index (χ0) is 13.9. The first-order valence-electron chi connectivity index (χ1n) is 5.67. The highest BCUT2D eigenvalue weighted by Crippen LogP contribution is 2.32. The van der Waals surface area contributed by atoms with Gasteiger partial charge in [0.05, 0.1) is 17.0 Å². The molecular weight excluding hydrogens is 273 g/mol. The third-order valence-electron chi connectivity index (χ3n) is 2.66. The fraction of sp³-hybridized carbons (Fsp3) is 0.333. The smallest absolute Gasteiger partial charge is 0.182 e. The molecule has 0 fully saturated rings. The lowest BCUT2D eigenvalue weighted by atomic mass is 10.3. The van der Waals surface area contributed by atoms with E-state index in [0.717, 1.165) is 0 Å². The van der Waals surface area contributed by atoms with Crippen LogP contribution in [0.2, 0.25) is 0 Å². The van der Waals surface area contributed by atoms with Gasteiger partial charge in [-0.1, -0.05) is 0 Å². The molecule has 0 saturated heterocycles. The summed E-state index contributed by atoms with van der Waals surface area (Å²) in [4.78, 5) is 0.0598. The van der Waals surface area contributed by atoms with Gasteiger partial charge in [-0.15, -0.1) is 0 Å². The van der Waals surface area contributed by atoms with Gasteiger partial charge >= 0.3 is 0 Å². The molecule has 0 unspecified atom stereocenters. The largest absolute Gasteiger partial charge is 0.486 e. The molecule has 7 heteroatoms. The van der Waals surface area contributed by atoms with E-state index >= 15 is 0 Å². The summed E-state index contributed by atoms with van der Waals surface area (Å²) < 4.78 is 47.2. The summed E-state index contributed by atoms with van der Waals surface area (Å²) in [5, 5.41) is 0. The summed E-state index contributed by atoms with van der Waals surface area (Å²) >= 11 is 0. The molecule has 1 aliphatic rings. The maximum Gasteiger partial charge on any atom is 0.182 e. The highest BCUT2D eigenvalue weighted by atomic mass is 32.2. The van der Waals surface area contributed by atoms with E-state index in [1.807, 2.05) is 0 Å². The van der Waals surface area contributed by atoms with Crippen LogP contribution >= 0.6 is 0 Å². The summed E-state index contributed by atoms with van der Waals surface area (Å²) in [5.74, 6) is 0.441. The molecule has 1 aromatic rings. The van der Waals surface area contributed by atoms with Crippen molar-refractivity contribution in [1.29, 1.82) is 0 Å². The minimum Gasteiger partial charge on any atom is -0.486 e. The molecule has 1 aromatic carbocycles. The summed E-state index contributed by atoms with van der Waals surface area (Å²) in [6.07, 6.45) is 0.232. The van der Waals surface area contributed by atoms with Crippen molar-refractivity contribution in [3.05, 3.63) is 30.1 Å². The van der Waals surface area contributed by atoms with Crippen molar-refractivity contribution in [2.24, 2.45) is 5.73 Å². The maximum absolute atomic E-state index is 12.4. The maximum atomic E-state index is 12.4. The minimum absolute atomic E-state index is 0.0230. The predicted molar refractivity (Wildman–Crippen MR) is 67.7 cm³/mol. The topological polar surface area (TPSA) is 78.6 Å². The Hall–Kier alpha value is -1.60. The first-order chi connectivity index (χ1) is 9.06. The Bertz CT molecular complexity index is 598. The van der Waals surface area contributed by atoms with Crippen LogP contribution in [0.4, 0.5) is 4.39 Å². The zero-order valence-electron chi connectivity index (χ0n) is 10.1. The molecule has 1 heterocycles. The highest BCUT2D eigenvalue weighted by Gasteiger charge is 2.20. The fourth-order valence-corrected chi connectivity index (χ4v) is 3.08. The van der Waals surface area contributed by atoms with E-state index in [2.05, 4.69) is 0 Å². The average molecular weight is 287 g/mol. The van der Waals surface area contributed by atoms with Crippen molar-refractivity contribution < 1.29 is 22.3 Å². The Labute approximate surface area is 110 Å². The van der Waals surface area contributed by atoms with Gasteiger partial charge in [-0.2, -0.15) is 0 Å². The number of benzene rings is 1. The standard InChI is InChI=1S/C12H14FNO4S/c13-6-9(7-14)8-19(15,16)10-1-2-11-12(5-10)18-4-3-17-11/h1-2,5-6H,3-4,7-8,14H2/b9-6+.